The van der Waals surface area contributed by atoms with Crippen molar-refractivity contribution in [1.82, 2.24) is 30.4 Å². The van der Waals surface area contributed by atoms with Crippen molar-refractivity contribution in [3.63, 3.8) is 0 Å². The number of aryl methyl sites for hydroxylation is 1. The van der Waals surface area contributed by atoms with E-state index >= 15 is 0 Å². The SMILES string of the molecule is CN1CCc2nc(C(=O)N[C@@H]3C[C@H](C(=O)N(C)C)CC[C@@H]3NC(=O)C(=O)Nc3ccc(Cl)cn3)sc2C1.Cc1ccc(S(=O)(=O)O)cc1. The lowest BCUT2D eigenvalue weighted by atomic mass is 9.81. The number of anilines is 1. The summed E-state index contributed by atoms with van der Waals surface area (Å²) in [6.07, 6.45) is 3.42. The summed E-state index contributed by atoms with van der Waals surface area (Å²) in [5.41, 5.74) is 1.90. The highest BCUT2D eigenvalue weighted by atomic mass is 35.5. The lowest BCUT2D eigenvalue weighted by molar-refractivity contribution is -0.137. The number of hydrogen-bond donors (Lipinski definition) is 4. The standard InChI is InChI=1S/C24H30ClN7O4S.C7H8O3S/c1-31(2)24(36)13-4-6-15(27-20(33)21(34)30-19-7-5-14(25)11-26-19)17(10-13)28-22(35)23-29-16-8-9-32(3)12-18(16)37-23;1-6-2-4-7(5-3-6)11(8,9)10/h5,7,11,13,15,17H,4,6,8-10,12H2,1-3H3,(H,27,33)(H,28,35)(H,26,30,34);2-5H,1H3,(H,8,9,10)/t13-,15+,17-;/m1./s1. The second-order valence-electron chi connectivity index (χ2n) is 11.9. The van der Waals surface area contributed by atoms with Crippen molar-refractivity contribution in [3.05, 3.63) is 68.8 Å². The Kier molecular flexibility index (Phi) is 12.3. The van der Waals surface area contributed by atoms with Gasteiger partial charge < -0.3 is 25.8 Å². The van der Waals surface area contributed by atoms with Gasteiger partial charge in [0.1, 0.15) is 5.82 Å². The van der Waals surface area contributed by atoms with Gasteiger partial charge in [-0.3, -0.25) is 23.7 Å². The smallest absolute Gasteiger partial charge is 0.314 e. The van der Waals surface area contributed by atoms with Crippen molar-refractivity contribution in [3.8, 4) is 0 Å². The molecule has 14 nitrogen and oxygen atoms in total. The first-order chi connectivity index (χ1) is 22.6. The van der Waals surface area contributed by atoms with Gasteiger partial charge >= 0.3 is 11.8 Å². The molecule has 0 bridgehead atoms. The Balaban J connectivity index is 0.000000401. The molecule has 48 heavy (non-hydrogen) atoms. The van der Waals surface area contributed by atoms with Gasteiger partial charge in [0, 0.05) is 56.6 Å². The van der Waals surface area contributed by atoms with E-state index in [0.29, 0.717) is 29.3 Å². The van der Waals surface area contributed by atoms with Crippen LogP contribution in [-0.4, -0.2) is 96.1 Å². The molecule has 3 atom stereocenters. The topological polar surface area (TPSA) is 191 Å². The molecule has 2 aliphatic rings. The van der Waals surface area contributed by atoms with E-state index in [1.54, 1.807) is 32.3 Å². The number of nitrogens with one attached hydrogen (secondary N) is 3. The third-order valence-electron chi connectivity index (χ3n) is 7.88. The van der Waals surface area contributed by atoms with Crippen LogP contribution in [0.2, 0.25) is 5.02 Å². The Labute approximate surface area is 288 Å². The van der Waals surface area contributed by atoms with Crippen LogP contribution in [0.15, 0.2) is 47.5 Å². The second kappa shape index (κ2) is 16.0. The van der Waals surface area contributed by atoms with Crippen LogP contribution in [0.3, 0.4) is 0 Å². The van der Waals surface area contributed by atoms with Gasteiger partial charge in [-0.25, -0.2) is 9.97 Å². The van der Waals surface area contributed by atoms with E-state index in [1.165, 1.54) is 40.6 Å². The van der Waals surface area contributed by atoms with E-state index in [-0.39, 0.29) is 28.4 Å². The number of thiazole rings is 1. The molecular formula is C31H38ClN7O7S2. The quantitative estimate of drug-likeness (QED) is 0.218. The number of carbonyl (C=O) groups excluding carboxylic acids is 4. The van der Waals surface area contributed by atoms with Crippen molar-refractivity contribution >= 4 is 62.5 Å². The summed E-state index contributed by atoms with van der Waals surface area (Å²) in [7, 11) is 1.39. The molecule has 258 valence electrons. The Morgan fingerprint density at radius 1 is 1.02 bits per heavy atom. The fourth-order valence-corrected chi connectivity index (χ4v) is 6.99. The normalized spacial score (nSPS) is 19.2. The predicted octanol–water partition coefficient (Wildman–Crippen LogP) is 2.53. The Bertz CT molecular complexity index is 1750. The van der Waals surface area contributed by atoms with Gasteiger partial charge in [0.25, 0.3) is 16.0 Å². The fourth-order valence-electron chi connectivity index (χ4n) is 5.31. The Morgan fingerprint density at radius 2 is 1.73 bits per heavy atom. The molecule has 1 fully saturated rings. The summed E-state index contributed by atoms with van der Waals surface area (Å²) < 4.78 is 29.6. The average Bonchev–Trinajstić information content (AvgIpc) is 3.46. The lowest BCUT2D eigenvalue weighted by Crippen LogP contribution is -2.57. The molecule has 4 N–H and O–H groups in total. The molecule has 1 aliphatic carbocycles. The van der Waals surface area contributed by atoms with Gasteiger partial charge in [-0.15, -0.1) is 11.3 Å². The van der Waals surface area contributed by atoms with Gasteiger partial charge in [-0.1, -0.05) is 29.3 Å². The van der Waals surface area contributed by atoms with Crippen LogP contribution in [0, 0.1) is 12.8 Å². The molecule has 17 heteroatoms. The number of pyridine rings is 1. The summed E-state index contributed by atoms with van der Waals surface area (Å²) >= 11 is 7.17. The number of carbonyl (C=O) groups is 4. The highest BCUT2D eigenvalue weighted by Crippen LogP contribution is 2.28. The van der Waals surface area contributed by atoms with Crippen LogP contribution in [0.5, 0.6) is 0 Å². The summed E-state index contributed by atoms with van der Waals surface area (Å²) in [5, 5.41) is 8.91. The molecule has 3 heterocycles. The average molecular weight is 720 g/mol. The van der Waals surface area contributed by atoms with E-state index in [9.17, 15) is 27.6 Å². The first-order valence-electron chi connectivity index (χ1n) is 15.1. The van der Waals surface area contributed by atoms with Crippen molar-refractivity contribution in [2.24, 2.45) is 5.92 Å². The maximum Gasteiger partial charge on any atom is 0.314 e. The third-order valence-corrected chi connectivity index (χ3v) is 10.1. The lowest BCUT2D eigenvalue weighted by Gasteiger charge is -2.37. The molecule has 0 radical (unpaired) electrons. The van der Waals surface area contributed by atoms with Gasteiger partial charge in [-0.05, 0) is 57.5 Å². The Morgan fingerprint density at radius 3 is 2.35 bits per heavy atom. The number of aromatic nitrogens is 2. The highest BCUT2D eigenvalue weighted by Gasteiger charge is 2.37. The summed E-state index contributed by atoms with van der Waals surface area (Å²) in [6.45, 7) is 3.48. The van der Waals surface area contributed by atoms with Crippen LogP contribution in [-0.2, 0) is 37.5 Å². The Hall–Kier alpha value is -3.96. The van der Waals surface area contributed by atoms with Crippen LogP contribution < -0.4 is 16.0 Å². The fraction of sp³-hybridized carbons (Fsp3) is 0.419. The second-order valence-corrected chi connectivity index (χ2v) is 14.8. The maximum absolute atomic E-state index is 13.2. The van der Waals surface area contributed by atoms with E-state index in [4.69, 9.17) is 16.2 Å². The number of benzene rings is 1. The number of nitrogens with zero attached hydrogens (tertiary/aromatic N) is 4. The van der Waals surface area contributed by atoms with E-state index in [1.807, 2.05) is 14.0 Å². The zero-order chi connectivity index (χ0) is 35.2. The molecule has 4 amide bonds. The van der Waals surface area contributed by atoms with E-state index < -0.39 is 34.0 Å². The van der Waals surface area contributed by atoms with Crippen molar-refractivity contribution in [1.29, 1.82) is 0 Å². The van der Waals surface area contributed by atoms with E-state index in [2.05, 4.69) is 30.8 Å². The molecule has 5 rings (SSSR count). The minimum atomic E-state index is -4.02. The van der Waals surface area contributed by atoms with Crippen LogP contribution in [0.25, 0.3) is 0 Å². The van der Waals surface area contributed by atoms with Gasteiger partial charge in [0.2, 0.25) is 5.91 Å². The van der Waals surface area contributed by atoms with Crippen molar-refractivity contribution < 1.29 is 32.1 Å². The minimum absolute atomic E-state index is 0.0386. The maximum atomic E-state index is 13.2. The predicted molar refractivity (Wildman–Crippen MR) is 180 cm³/mol. The van der Waals surface area contributed by atoms with E-state index in [0.717, 1.165) is 35.6 Å². The van der Waals surface area contributed by atoms with Crippen LogP contribution in [0.1, 0.15) is 45.2 Å². The summed E-state index contributed by atoms with van der Waals surface area (Å²) in [4.78, 5) is 64.2. The van der Waals surface area contributed by atoms with Crippen LogP contribution >= 0.6 is 22.9 Å². The summed E-state index contributed by atoms with van der Waals surface area (Å²) in [5.74, 6) is -2.25. The molecule has 2 aromatic heterocycles. The molecule has 1 saturated carbocycles. The molecule has 0 unspecified atom stereocenters. The molecular weight excluding hydrogens is 682 g/mol. The highest BCUT2D eigenvalue weighted by molar-refractivity contribution is 7.85. The molecule has 1 aromatic carbocycles. The number of rotatable bonds is 6. The van der Waals surface area contributed by atoms with Gasteiger partial charge in [0.15, 0.2) is 5.01 Å². The first-order valence-corrected chi connectivity index (χ1v) is 17.7. The largest absolute Gasteiger partial charge is 0.349 e. The summed E-state index contributed by atoms with van der Waals surface area (Å²) in [6, 6.07) is 7.93. The number of halogens is 1. The molecule has 0 saturated heterocycles. The van der Waals surface area contributed by atoms with Gasteiger partial charge in [0.05, 0.1) is 21.7 Å². The number of amides is 4. The third kappa shape index (κ3) is 10.0. The number of hydrogen-bond acceptors (Lipinski definition) is 10. The number of fused-ring (bicyclic) bond motifs is 1. The van der Waals surface area contributed by atoms with Crippen molar-refractivity contribution in [2.45, 2.75) is 56.1 Å². The minimum Gasteiger partial charge on any atom is -0.349 e. The van der Waals surface area contributed by atoms with Crippen LogP contribution in [0.4, 0.5) is 5.82 Å². The zero-order valence-electron chi connectivity index (χ0n) is 26.9. The first kappa shape index (κ1) is 36.9. The molecule has 1 aliphatic heterocycles. The molecule has 3 aromatic rings. The number of likely N-dealkylation sites (N-methyl/N-ethyl adjacent to an activating group) is 1. The monoisotopic (exact) mass is 719 g/mol. The molecule has 0 spiro atoms. The van der Waals surface area contributed by atoms with Crippen molar-refractivity contribution in [2.75, 3.05) is 33.0 Å². The zero-order valence-corrected chi connectivity index (χ0v) is 29.3. The van der Waals surface area contributed by atoms with Gasteiger partial charge in [-0.2, -0.15) is 8.42 Å².